The maximum Gasteiger partial charge on any atom is 0.241 e. The predicted octanol–water partition coefficient (Wildman–Crippen LogP) is 3.24. The summed E-state index contributed by atoms with van der Waals surface area (Å²) < 4.78 is 1.99. The molecule has 3 N–H and O–H groups in total. The SMILES string of the molecule is Cc1c(-c2ccc(NC(=O)[C@@H](N)C3CCCCC3)cc2)ncn1C. The van der Waals surface area contributed by atoms with E-state index in [1.54, 1.807) is 0 Å². The zero-order chi connectivity index (χ0) is 17.1. The fraction of sp³-hybridized carbons (Fsp3) is 0.474. The Morgan fingerprint density at radius 3 is 2.50 bits per heavy atom. The van der Waals surface area contributed by atoms with Crippen LogP contribution in [-0.4, -0.2) is 21.5 Å². The Labute approximate surface area is 143 Å². The van der Waals surface area contributed by atoms with Crippen LogP contribution in [0.3, 0.4) is 0 Å². The van der Waals surface area contributed by atoms with Crippen LogP contribution in [0.25, 0.3) is 11.3 Å². The van der Waals surface area contributed by atoms with E-state index >= 15 is 0 Å². The third-order valence-electron chi connectivity index (χ3n) is 5.12. The quantitative estimate of drug-likeness (QED) is 0.906. The fourth-order valence-corrected chi connectivity index (χ4v) is 3.42. The zero-order valence-corrected chi connectivity index (χ0v) is 14.5. The lowest BCUT2D eigenvalue weighted by atomic mass is 9.84. The number of hydrogen-bond acceptors (Lipinski definition) is 3. The molecule has 0 saturated heterocycles. The Morgan fingerprint density at radius 2 is 1.92 bits per heavy atom. The molecule has 0 bridgehead atoms. The predicted molar refractivity (Wildman–Crippen MR) is 96.6 cm³/mol. The van der Waals surface area contributed by atoms with Crippen molar-refractivity contribution in [2.24, 2.45) is 18.7 Å². The topological polar surface area (TPSA) is 72.9 Å². The average molecular weight is 326 g/mol. The highest BCUT2D eigenvalue weighted by Crippen LogP contribution is 2.27. The van der Waals surface area contributed by atoms with Crippen molar-refractivity contribution in [3.8, 4) is 11.3 Å². The van der Waals surface area contributed by atoms with Gasteiger partial charge in [-0.05, 0) is 37.8 Å². The second-order valence-electron chi connectivity index (χ2n) is 6.78. The molecule has 1 atom stereocenters. The number of aromatic nitrogens is 2. The highest BCUT2D eigenvalue weighted by atomic mass is 16.2. The number of carbonyl (C=O) groups is 1. The molecule has 1 aromatic heterocycles. The summed E-state index contributed by atoms with van der Waals surface area (Å²) in [6.45, 7) is 2.04. The Bertz CT molecular complexity index is 699. The van der Waals surface area contributed by atoms with Crippen LogP contribution in [0.5, 0.6) is 0 Å². The molecule has 2 aromatic rings. The molecule has 5 heteroatoms. The van der Waals surface area contributed by atoms with Gasteiger partial charge in [0.25, 0.3) is 0 Å². The van der Waals surface area contributed by atoms with Crippen LogP contribution in [0.4, 0.5) is 5.69 Å². The molecule has 1 fully saturated rings. The Morgan fingerprint density at radius 1 is 1.25 bits per heavy atom. The maximum absolute atomic E-state index is 12.4. The van der Waals surface area contributed by atoms with Gasteiger partial charge in [0.1, 0.15) is 0 Å². The molecule has 1 aromatic carbocycles. The number of nitrogens with two attached hydrogens (primary N) is 1. The van der Waals surface area contributed by atoms with Crippen LogP contribution in [0.2, 0.25) is 0 Å². The molecular weight excluding hydrogens is 300 g/mol. The molecule has 1 heterocycles. The first kappa shape index (κ1) is 16.7. The van der Waals surface area contributed by atoms with Gasteiger partial charge in [0.2, 0.25) is 5.91 Å². The second-order valence-corrected chi connectivity index (χ2v) is 6.78. The van der Waals surface area contributed by atoms with Crippen molar-refractivity contribution in [3.63, 3.8) is 0 Å². The van der Waals surface area contributed by atoms with Gasteiger partial charge in [0.05, 0.1) is 18.1 Å². The van der Waals surface area contributed by atoms with E-state index in [4.69, 9.17) is 5.73 Å². The minimum Gasteiger partial charge on any atom is -0.337 e. The number of nitrogens with one attached hydrogen (secondary N) is 1. The molecule has 0 unspecified atom stereocenters. The van der Waals surface area contributed by atoms with Crippen molar-refractivity contribution in [1.29, 1.82) is 0 Å². The molecule has 24 heavy (non-hydrogen) atoms. The van der Waals surface area contributed by atoms with Crippen molar-refractivity contribution in [1.82, 2.24) is 9.55 Å². The van der Waals surface area contributed by atoms with Crippen molar-refractivity contribution in [2.75, 3.05) is 5.32 Å². The summed E-state index contributed by atoms with van der Waals surface area (Å²) in [5, 5.41) is 2.95. The van der Waals surface area contributed by atoms with Gasteiger partial charge in [-0.25, -0.2) is 4.98 Å². The summed E-state index contributed by atoms with van der Waals surface area (Å²) in [6.07, 6.45) is 7.56. The van der Waals surface area contributed by atoms with E-state index in [0.29, 0.717) is 5.92 Å². The van der Waals surface area contributed by atoms with Gasteiger partial charge in [-0.2, -0.15) is 0 Å². The smallest absolute Gasteiger partial charge is 0.241 e. The Hall–Kier alpha value is -2.14. The first-order chi connectivity index (χ1) is 11.6. The molecule has 3 rings (SSSR count). The Balaban J connectivity index is 1.65. The molecule has 0 radical (unpaired) electrons. The fourth-order valence-electron chi connectivity index (χ4n) is 3.42. The number of benzene rings is 1. The molecule has 1 aliphatic carbocycles. The van der Waals surface area contributed by atoms with Gasteiger partial charge < -0.3 is 15.6 Å². The lowest BCUT2D eigenvalue weighted by Gasteiger charge is -2.26. The van der Waals surface area contributed by atoms with E-state index in [9.17, 15) is 4.79 Å². The van der Waals surface area contributed by atoms with Gasteiger partial charge in [0, 0.05) is 24.0 Å². The average Bonchev–Trinajstić information content (AvgIpc) is 2.95. The standard InChI is InChI=1S/C19H26N4O/c1-13-18(21-12-23(13)2)15-8-10-16(11-9-15)22-19(24)17(20)14-6-4-3-5-7-14/h8-12,14,17H,3-7,20H2,1-2H3,(H,22,24)/t17-/m0/s1. The van der Waals surface area contributed by atoms with E-state index in [0.717, 1.165) is 35.5 Å². The van der Waals surface area contributed by atoms with Crippen LogP contribution in [0, 0.1) is 12.8 Å². The van der Waals surface area contributed by atoms with E-state index in [1.807, 2.05) is 49.1 Å². The molecule has 0 aliphatic heterocycles. The lowest BCUT2D eigenvalue weighted by Crippen LogP contribution is -2.42. The lowest BCUT2D eigenvalue weighted by molar-refractivity contribution is -0.118. The normalized spacial score (nSPS) is 16.8. The van der Waals surface area contributed by atoms with Gasteiger partial charge in [0.15, 0.2) is 0 Å². The highest BCUT2D eigenvalue weighted by molar-refractivity contribution is 5.95. The maximum atomic E-state index is 12.4. The van der Waals surface area contributed by atoms with Crippen LogP contribution in [-0.2, 0) is 11.8 Å². The van der Waals surface area contributed by atoms with Crippen LogP contribution in [0.15, 0.2) is 30.6 Å². The third kappa shape index (κ3) is 3.51. The molecule has 1 aliphatic rings. The zero-order valence-electron chi connectivity index (χ0n) is 14.5. The summed E-state index contributed by atoms with van der Waals surface area (Å²) in [6, 6.07) is 7.38. The molecule has 0 spiro atoms. The molecular formula is C19H26N4O. The molecule has 1 saturated carbocycles. The van der Waals surface area contributed by atoms with Crippen molar-refractivity contribution in [2.45, 2.75) is 45.1 Å². The van der Waals surface area contributed by atoms with E-state index in [2.05, 4.69) is 10.3 Å². The monoisotopic (exact) mass is 326 g/mol. The minimum atomic E-state index is -0.414. The highest BCUT2D eigenvalue weighted by Gasteiger charge is 2.26. The molecule has 128 valence electrons. The van der Waals surface area contributed by atoms with E-state index in [1.165, 1.54) is 19.3 Å². The van der Waals surface area contributed by atoms with E-state index in [-0.39, 0.29) is 5.91 Å². The third-order valence-corrected chi connectivity index (χ3v) is 5.12. The number of nitrogens with zero attached hydrogens (tertiary/aromatic N) is 2. The minimum absolute atomic E-state index is 0.0799. The number of aryl methyl sites for hydroxylation is 1. The summed E-state index contributed by atoms with van der Waals surface area (Å²) in [5.74, 6) is 0.234. The number of hydrogen-bond donors (Lipinski definition) is 2. The summed E-state index contributed by atoms with van der Waals surface area (Å²) in [5.41, 5.74) is 10.1. The van der Waals surface area contributed by atoms with Gasteiger partial charge in [-0.3, -0.25) is 4.79 Å². The van der Waals surface area contributed by atoms with Crippen LogP contribution >= 0.6 is 0 Å². The number of rotatable bonds is 4. The summed E-state index contributed by atoms with van der Waals surface area (Å²) >= 11 is 0. The van der Waals surface area contributed by atoms with Crippen molar-refractivity contribution in [3.05, 3.63) is 36.3 Å². The van der Waals surface area contributed by atoms with Gasteiger partial charge in [-0.1, -0.05) is 31.4 Å². The van der Waals surface area contributed by atoms with Crippen LogP contribution in [0.1, 0.15) is 37.8 Å². The first-order valence-electron chi connectivity index (χ1n) is 8.71. The number of carbonyl (C=O) groups excluding carboxylic acids is 1. The molecule has 5 nitrogen and oxygen atoms in total. The molecule has 1 amide bonds. The van der Waals surface area contributed by atoms with E-state index < -0.39 is 6.04 Å². The summed E-state index contributed by atoms with van der Waals surface area (Å²) in [4.78, 5) is 16.8. The van der Waals surface area contributed by atoms with Crippen molar-refractivity contribution < 1.29 is 4.79 Å². The largest absolute Gasteiger partial charge is 0.337 e. The number of anilines is 1. The van der Waals surface area contributed by atoms with Crippen LogP contribution < -0.4 is 11.1 Å². The Kier molecular flexibility index (Phi) is 5.00. The number of imidazole rings is 1. The van der Waals surface area contributed by atoms with Crippen molar-refractivity contribution >= 4 is 11.6 Å². The first-order valence-corrected chi connectivity index (χ1v) is 8.71. The second kappa shape index (κ2) is 7.18. The van der Waals surface area contributed by atoms with Gasteiger partial charge in [-0.15, -0.1) is 0 Å². The number of amides is 1. The van der Waals surface area contributed by atoms with Gasteiger partial charge >= 0.3 is 0 Å². The summed E-state index contributed by atoms with van der Waals surface area (Å²) in [7, 11) is 1.98.